The Morgan fingerprint density at radius 2 is 2.27 bits per heavy atom. The van der Waals surface area contributed by atoms with E-state index in [1.165, 1.54) is 22.5 Å². The molecule has 3 N–H and O–H groups in total. The molecule has 1 unspecified atom stereocenters. The number of aliphatic hydroxyl groups is 1. The van der Waals surface area contributed by atoms with Gasteiger partial charge in [0.15, 0.2) is 0 Å². The van der Waals surface area contributed by atoms with Crippen molar-refractivity contribution in [1.29, 1.82) is 0 Å². The summed E-state index contributed by atoms with van der Waals surface area (Å²) in [5.41, 5.74) is -0.176. The highest BCUT2D eigenvalue weighted by Gasteiger charge is 2.20. The fourth-order valence-corrected chi connectivity index (χ4v) is 2.78. The molecule has 0 bridgehead atoms. The summed E-state index contributed by atoms with van der Waals surface area (Å²) in [6.07, 6.45) is 5.03. The fourth-order valence-electron chi connectivity index (χ4n) is 2.06. The number of benzene rings is 1. The van der Waals surface area contributed by atoms with Crippen molar-refractivity contribution in [3.05, 3.63) is 52.7 Å². The van der Waals surface area contributed by atoms with E-state index in [1.807, 2.05) is 6.26 Å². The van der Waals surface area contributed by atoms with Crippen LogP contribution in [0.4, 0.5) is 0 Å². The predicted octanol–water partition coefficient (Wildman–Crippen LogP) is 1.01. The van der Waals surface area contributed by atoms with Crippen LogP contribution in [0.2, 0.25) is 0 Å². The minimum atomic E-state index is -0.954. The molecule has 0 fully saturated rings. The van der Waals surface area contributed by atoms with Gasteiger partial charge in [-0.05, 0) is 31.4 Å². The highest BCUT2D eigenvalue weighted by Crippen LogP contribution is 2.11. The number of nitrogens with one attached hydrogen (secondary N) is 2. The Kier molecular flexibility index (Phi) is 5.10. The van der Waals surface area contributed by atoms with E-state index in [2.05, 4.69) is 10.3 Å². The number of aromatic nitrogens is 2. The summed E-state index contributed by atoms with van der Waals surface area (Å²) < 4.78 is 1.42. The van der Waals surface area contributed by atoms with Crippen LogP contribution >= 0.6 is 11.8 Å². The number of carbonyl (C=O) groups excluding carboxylic acids is 1. The van der Waals surface area contributed by atoms with Gasteiger partial charge in [-0.25, -0.2) is 4.79 Å². The third-order valence-corrected chi connectivity index (χ3v) is 4.03. The van der Waals surface area contributed by atoms with Crippen molar-refractivity contribution in [1.82, 2.24) is 14.9 Å². The molecule has 0 aliphatic rings. The third kappa shape index (κ3) is 4.02. The lowest BCUT2D eigenvalue weighted by atomic mass is 10.1. The summed E-state index contributed by atoms with van der Waals surface area (Å²) in [7, 11) is 0. The molecule has 1 aromatic carbocycles. The molecule has 1 heterocycles. The first-order valence-electron chi connectivity index (χ1n) is 6.79. The molecule has 2 rings (SSSR count). The molecule has 7 heteroatoms. The van der Waals surface area contributed by atoms with Crippen LogP contribution in [0.1, 0.15) is 17.3 Å². The Labute approximate surface area is 132 Å². The molecule has 6 nitrogen and oxygen atoms in total. The van der Waals surface area contributed by atoms with E-state index in [0.717, 1.165) is 0 Å². The fraction of sp³-hybridized carbons (Fsp3) is 0.333. The number of hydrogen-bond acceptors (Lipinski definition) is 4. The first-order chi connectivity index (χ1) is 10.4. The van der Waals surface area contributed by atoms with Gasteiger partial charge in [0.25, 0.3) is 5.91 Å². The quantitative estimate of drug-likeness (QED) is 0.741. The molecule has 1 amide bonds. The smallest absolute Gasteiger partial charge is 0.330 e. The summed E-state index contributed by atoms with van der Waals surface area (Å²) in [6.45, 7) is 1.85. The van der Waals surface area contributed by atoms with Crippen molar-refractivity contribution in [2.75, 3.05) is 18.6 Å². The molecule has 0 spiro atoms. The van der Waals surface area contributed by atoms with Crippen LogP contribution in [0.5, 0.6) is 0 Å². The van der Waals surface area contributed by atoms with E-state index >= 15 is 0 Å². The molecule has 1 aromatic heterocycles. The van der Waals surface area contributed by atoms with Crippen molar-refractivity contribution in [2.45, 2.75) is 12.5 Å². The highest BCUT2D eigenvalue weighted by atomic mass is 32.2. The van der Waals surface area contributed by atoms with Gasteiger partial charge >= 0.3 is 5.69 Å². The van der Waals surface area contributed by atoms with Gasteiger partial charge in [-0.2, -0.15) is 11.8 Å². The molecule has 22 heavy (non-hydrogen) atoms. The number of amides is 1. The zero-order valence-corrected chi connectivity index (χ0v) is 13.3. The SMILES string of the molecule is CSCC(C)(O)CNC(=O)c1cccc(-n2cc[nH]c2=O)c1. The number of nitrogens with zero attached hydrogens (tertiary/aromatic N) is 1. The minimum Gasteiger partial charge on any atom is -0.387 e. The number of hydrogen-bond donors (Lipinski definition) is 3. The Bertz CT molecular complexity index is 706. The second-order valence-electron chi connectivity index (χ2n) is 5.30. The van der Waals surface area contributed by atoms with Crippen LogP contribution in [0.15, 0.2) is 41.5 Å². The number of imidazole rings is 1. The Morgan fingerprint density at radius 1 is 1.50 bits per heavy atom. The van der Waals surface area contributed by atoms with Crippen LogP contribution in [-0.4, -0.2) is 44.7 Å². The van der Waals surface area contributed by atoms with Gasteiger partial charge in [-0.1, -0.05) is 6.07 Å². The molecule has 1 atom stereocenters. The lowest BCUT2D eigenvalue weighted by Crippen LogP contribution is -2.42. The minimum absolute atomic E-state index is 0.168. The third-order valence-electron chi connectivity index (χ3n) is 3.12. The highest BCUT2D eigenvalue weighted by molar-refractivity contribution is 7.98. The van der Waals surface area contributed by atoms with Gasteiger partial charge in [0.1, 0.15) is 0 Å². The van der Waals surface area contributed by atoms with Crippen molar-refractivity contribution in [2.24, 2.45) is 0 Å². The second kappa shape index (κ2) is 6.85. The van der Waals surface area contributed by atoms with Gasteiger partial charge < -0.3 is 15.4 Å². The van der Waals surface area contributed by atoms with Crippen molar-refractivity contribution < 1.29 is 9.90 Å². The summed E-state index contributed by atoms with van der Waals surface area (Å²) in [6, 6.07) is 6.76. The molecular formula is C15H19N3O3S. The summed E-state index contributed by atoms with van der Waals surface area (Å²) >= 11 is 1.52. The van der Waals surface area contributed by atoms with Crippen molar-refractivity contribution >= 4 is 17.7 Å². The van der Waals surface area contributed by atoms with E-state index in [1.54, 1.807) is 37.4 Å². The number of aromatic amines is 1. The van der Waals surface area contributed by atoms with E-state index in [4.69, 9.17) is 0 Å². The Morgan fingerprint density at radius 3 is 2.91 bits per heavy atom. The Balaban J connectivity index is 2.11. The lowest BCUT2D eigenvalue weighted by molar-refractivity contribution is 0.0725. The maximum atomic E-state index is 12.2. The first-order valence-corrected chi connectivity index (χ1v) is 8.18. The van der Waals surface area contributed by atoms with Crippen molar-refractivity contribution in [3.8, 4) is 5.69 Å². The number of carbonyl (C=O) groups is 1. The standard InChI is InChI=1S/C15H19N3O3S/c1-15(21,10-22-2)9-17-13(19)11-4-3-5-12(8-11)18-7-6-16-14(18)20/h3-8,21H,9-10H2,1-2H3,(H,16,20)(H,17,19). The normalized spacial score (nSPS) is 13.6. The van der Waals surface area contributed by atoms with E-state index in [0.29, 0.717) is 17.0 Å². The Hall–Kier alpha value is -1.99. The van der Waals surface area contributed by atoms with E-state index in [9.17, 15) is 14.7 Å². The summed E-state index contributed by atoms with van der Waals surface area (Å²) in [5, 5.41) is 12.8. The average Bonchev–Trinajstić information content (AvgIpc) is 2.91. The summed E-state index contributed by atoms with van der Waals surface area (Å²) in [4.78, 5) is 26.3. The van der Waals surface area contributed by atoms with Crippen LogP contribution in [0, 0.1) is 0 Å². The van der Waals surface area contributed by atoms with Gasteiger partial charge in [0.2, 0.25) is 0 Å². The number of H-pyrrole nitrogens is 1. The first kappa shape index (κ1) is 16.4. The maximum absolute atomic E-state index is 12.2. The topological polar surface area (TPSA) is 87.1 Å². The van der Waals surface area contributed by atoms with E-state index in [-0.39, 0.29) is 18.1 Å². The van der Waals surface area contributed by atoms with Gasteiger partial charge in [0, 0.05) is 30.3 Å². The monoisotopic (exact) mass is 321 g/mol. The zero-order chi connectivity index (χ0) is 16.2. The second-order valence-corrected chi connectivity index (χ2v) is 6.16. The molecular weight excluding hydrogens is 302 g/mol. The number of rotatable bonds is 6. The molecule has 0 aliphatic carbocycles. The zero-order valence-electron chi connectivity index (χ0n) is 12.5. The van der Waals surface area contributed by atoms with Gasteiger partial charge in [-0.3, -0.25) is 9.36 Å². The average molecular weight is 321 g/mol. The molecule has 0 radical (unpaired) electrons. The van der Waals surface area contributed by atoms with E-state index < -0.39 is 5.60 Å². The van der Waals surface area contributed by atoms with Crippen molar-refractivity contribution in [3.63, 3.8) is 0 Å². The molecule has 118 valence electrons. The largest absolute Gasteiger partial charge is 0.387 e. The van der Waals surface area contributed by atoms with Crippen LogP contribution in [0.3, 0.4) is 0 Å². The molecule has 0 aliphatic heterocycles. The number of thioether (sulfide) groups is 1. The molecule has 0 saturated carbocycles. The lowest BCUT2D eigenvalue weighted by Gasteiger charge is -2.22. The predicted molar refractivity (Wildman–Crippen MR) is 87.7 cm³/mol. The maximum Gasteiger partial charge on any atom is 0.330 e. The van der Waals surface area contributed by atoms with Crippen LogP contribution in [0.25, 0.3) is 5.69 Å². The van der Waals surface area contributed by atoms with Crippen LogP contribution in [-0.2, 0) is 0 Å². The molecule has 0 saturated heterocycles. The summed E-state index contributed by atoms with van der Waals surface area (Å²) in [5.74, 6) is 0.248. The van der Waals surface area contributed by atoms with Crippen LogP contribution < -0.4 is 11.0 Å². The molecule has 2 aromatic rings. The van der Waals surface area contributed by atoms with Gasteiger partial charge in [-0.15, -0.1) is 0 Å². The van der Waals surface area contributed by atoms with Gasteiger partial charge in [0.05, 0.1) is 11.3 Å².